The topological polar surface area (TPSA) is 32.3 Å². The third-order valence-electron chi connectivity index (χ3n) is 3.54. The van der Waals surface area contributed by atoms with Crippen LogP contribution in [0.25, 0.3) is 6.08 Å². The van der Waals surface area contributed by atoms with Crippen LogP contribution in [0.5, 0.6) is 0 Å². The van der Waals surface area contributed by atoms with Crippen LogP contribution in [0, 0.1) is 5.92 Å². The number of likely N-dealkylation sites (N-methyl/N-ethyl adjacent to an activating group) is 1. The van der Waals surface area contributed by atoms with Gasteiger partial charge in [0.15, 0.2) is 0 Å². The van der Waals surface area contributed by atoms with Crippen LogP contribution in [0.3, 0.4) is 0 Å². The second-order valence-corrected chi connectivity index (χ2v) is 4.88. The van der Waals surface area contributed by atoms with Crippen LogP contribution < -0.4 is 5.32 Å². The van der Waals surface area contributed by atoms with E-state index in [4.69, 9.17) is 0 Å². The summed E-state index contributed by atoms with van der Waals surface area (Å²) in [4.78, 5) is 14.2. The Morgan fingerprint density at radius 1 is 1.40 bits per heavy atom. The molecular formula is C16H23ClN2O. The van der Waals surface area contributed by atoms with E-state index in [9.17, 15) is 4.79 Å². The zero-order valence-electron chi connectivity index (χ0n) is 11.9. The summed E-state index contributed by atoms with van der Waals surface area (Å²) in [5.41, 5.74) is 1.17. The summed E-state index contributed by atoms with van der Waals surface area (Å²) in [5, 5.41) is 3.25. The number of nitrogens with zero attached hydrogens (tertiary/aromatic N) is 1. The lowest BCUT2D eigenvalue weighted by atomic mass is 10.1. The van der Waals surface area contributed by atoms with E-state index >= 15 is 0 Å². The standard InChI is InChI=1S/C16H22N2O.ClH/c1-2-18(16(19)15-10-11-17-13-15)12-6-9-14-7-4-3-5-8-14;/h3-9,15,17H,2,10-13H2,1H3;1H. The number of nitrogens with one attached hydrogen (secondary N) is 1. The van der Waals surface area contributed by atoms with E-state index in [1.165, 1.54) is 5.56 Å². The molecule has 1 fully saturated rings. The highest BCUT2D eigenvalue weighted by molar-refractivity contribution is 5.85. The molecule has 0 saturated carbocycles. The molecule has 20 heavy (non-hydrogen) atoms. The molecule has 1 aromatic rings. The van der Waals surface area contributed by atoms with Crippen LogP contribution in [0.2, 0.25) is 0 Å². The van der Waals surface area contributed by atoms with Crippen LogP contribution >= 0.6 is 12.4 Å². The third kappa shape index (κ3) is 4.66. The predicted molar refractivity (Wildman–Crippen MR) is 86.0 cm³/mol. The summed E-state index contributed by atoms with van der Waals surface area (Å²) in [7, 11) is 0. The number of carbonyl (C=O) groups excluding carboxylic acids is 1. The first-order valence-electron chi connectivity index (χ1n) is 7.02. The number of hydrogen-bond acceptors (Lipinski definition) is 2. The van der Waals surface area contributed by atoms with Crippen molar-refractivity contribution in [3.8, 4) is 0 Å². The van der Waals surface area contributed by atoms with Gasteiger partial charge in [0.2, 0.25) is 5.91 Å². The first-order valence-corrected chi connectivity index (χ1v) is 7.02. The maximum atomic E-state index is 12.3. The summed E-state index contributed by atoms with van der Waals surface area (Å²) < 4.78 is 0. The molecule has 1 unspecified atom stereocenters. The number of amides is 1. The van der Waals surface area contributed by atoms with E-state index < -0.39 is 0 Å². The van der Waals surface area contributed by atoms with E-state index in [2.05, 4.69) is 29.6 Å². The smallest absolute Gasteiger partial charge is 0.227 e. The fourth-order valence-corrected chi connectivity index (χ4v) is 2.38. The number of benzene rings is 1. The molecule has 4 heteroatoms. The van der Waals surface area contributed by atoms with Gasteiger partial charge in [0, 0.05) is 19.6 Å². The second-order valence-electron chi connectivity index (χ2n) is 4.88. The molecule has 1 atom stereocenters. The lowest BCUT2D eigenvalue weighted by Crippen LogP contribution is -2.37. The molecule has 1 aliphatic rings. The van der Waals surface area contributed by atoms with Crippen molar-refractivity contribution < 1.29 is 4.79 Å². The molecule has 3 nitrogen and oxygen atoms in total. The molecule has 0 aromatic heterocycles. The summed E-state index contributed by atoms with van der Waals surface area (Å²) in [5.74, 6) is 0.454. The van der Waals surface area contributed by atoms with Crippen LogP contribution in [-0.2, 0) is 4.79 Å². The first kappa shape index (κ1) is 16.7. The van der Waals surface area contributed by atoms with Gasteiger partial charge in [0.1, 0.15) is 0 Å². The van der Waals surface area contributed by atoms with Crippen molar-refractivity contribution in [1.82, 2.24) is 10.2 Å². The maximum Gasteiger partial charge on any atom is 0.227 e. The molecule has 1 heterocycles. The van der Waals surface area contributed by atoms with Crippen LogP contribution in [-0.4, -0.2) is 37.0 Å². The molecule has 0 spiro atoms. The van der Waals surface area contributed by atoms with Crippen molar-refractivity contribution in [1.29, 1.82) is 0 Å². The number of hydrogen-bond donors (Lipinski definition) is 1. The Morgan fingerprint density at radius 3 is 2.75 bits per heavy atom. The van der Waals surface area contributed by atoms with E-state index in [1.54, 1.807) is 0 Å². The highest BCUT2D eigenvalue weighted by atomic mass is 35.5. The average Bonchev–Trinajstić information content (AvgIpc) is 2.98. The molecule has 1 amide bonds. The van der Waals surface area contributed by atoms with Gasteiger partial charge in [-0.15, -0.1) is 12.4 Å². The van der Waals surface area contributed by atoms with E-state index in [0.717, 1.165) is 26.1 Å². The van der Waals surface area contributed by atoms with Crippen LogP contribution in [0.15, 0.2) is 36.4 Å². The number of rotatable bonds is 5. The molecule has 0 aliphatic carbocycles. The number of carbonyl (C=O) groups is 1. The van der Waals surface area contributed by atoms with Gasteiger partial charge in [0.05, 0.1) is 5.92 Å². The van der Waals surface area contributed by atoms with Gasteiger partial charge < -0.3 is 10.2 Å². The van der Waals surface area contributed by atoms with Gasteiger partial charge in [-0.1, -0.05) is 42.5 Å². The average molecular weight is 295 g/mol. The SMILES string of the molecule is CCN(CC=Cc1ccccc1)C(=O)C1CCNC1.Cl. The minimum Gasteiger partial charge on any atom is -0.339 e. The predicted octanol–water partition coefficient (Wildman–Crippen LogP) is 2.58. The molecule has 1 aliphatic heterocycles. The quantitative estimate of drug-likeness (QED) is 0.905. The van der Waals surface area contributed by atoms with Crippen molar-refractivity contribution in [3.63, 3.8) is 0 Å². The lowest BCUT2D eigenvalue weighted by Gasteiger charge is -2.22. The summed E-state index contributed by atoms with van der Waals surface area (Å²) >= 11 is 0. The second kappa shape index (κ2) is 8.77. The molecule has 1 saturated heterocycles. The lowest BCUT2D eigenvalue weighted by molar-refractivity contribution is -0.134. The monoisotopic (exact) mass is 294 g/mol. The zero-order valence-corrected chi connectivity index (χ0v) is 12.7. The van der Waals surface area contributed by atoms with E-state index in [-0.39, 0.29) is 24.2 Å². The van der Waals surface area contributed by atoms with Crippen molar-refractivity contribution in [2.75, 3.05) is 26.2 Å². The fourth-order valence-electron chi connectivity index (χ4n) is 2.38. The van der Waals surface area contributed by atoms with Gasteiger partial charge in [-0.3, -0.25) is 4.79 Å². The molecule has 0 radical (unpaired) electrons. The first-order chi connectivity index (χ1) is 9.31. The van der Waals surface area contributed by atoms with Crippen LogP contribution in [0.4, 0.5) is 0 Å². The highest BCUT2D eigenvalue weighted by Crippen LogP contribution is 2.12. The minimum atomic E-state index is 0. The van der Waals surface area contributed by atoms with Crippen LogP contribution in [0.1, 0.15) is 18.9 Å². The molecule has 2 rings (SSSR count). The summed E-state index contributed by atoms with van der Waals surface area (Å²) in [6.45, 7) is 5.30. The van der Waals surface area contributed by atoms with Crippen molar-refractivity contribution in [2.45, 2.75) is 13.3 Å². The maximum absolute atomic E-state index is 12.3. The van der Waals surface area contributed by atoms with Gasteiger partial charge in [-0.25, -0.2) is 0 Å². The largest absolute Gasteiger partial charge is 0.339 e. The Labute approximate surface area is 127 Å². The molecular weight excluding hydrogens is 272 g/mol. The van der Waals surface area contributed by atoms with Gasteiger partial charge in [-0.05, 0) is 25.5 Å². The van der Waals surface area contributed by atoms with E-state index in [0.29, 0.717) is 6.54 Å². The molecule has 110 valence electrons. The summed E-state index contributed by atoms with van der Waals surface area (Å²) in [6.07, 6.45) is 5.11. The highest BCUT2D eigenvalue weighted by Gasteiger charge is 2.25. The minimum absolute atomic E-state index is 0. The van der Waals surface area contributed by atoms with Crippen molar-refractivity contribution >= 4 is 24.4 Å². The van der Waals surface area contributed by atoms with Gasteiger partial charge >= 0.3 is 0 Å². The summed E-state index contributed by atoms with van der Waals surface area (Å²) in [6, 6.07) is 10.2. The Balaban J connectivity index is 0.00000200. The van der Waals surface area contributed by atoms with E-state index in [1.807, 2.05) is 30.0 Å². The third-order valence-corrected chi connectivity index (χ3v) is 3.54. The van der Waals surface area contributed by atoms with Gasteiger partial charge in [-0.2, -0.15) is 0 Å². The Bertz CT molecular complexity index is 427. The molecule has 0 bridgehead atoms. The Kier molecular flexibility index (Phi) is 7.34. The number of halogens is 1. The van der Waals surface area contributed by atoms with Gasteiger partial charge in [0.25, 0.3) is 0 Å². The molecule has 1 aromatic carbocycles. The Hall–Kier alpha value is -1.32. The van der Waals surface area contributed by atoms with Crippen molar-refractivity contribution in [3.05, 3.63) is 42.0 Å². The van der Waals surface area contributed by atoms with Crippen molar-refractivity contribution in [2.24, 2.45) is 5.92 Å². The molecule has 1 N–H and O–H groups in total. The Morgan fingerprint density at radius 2 is 2.15 bits per heavy atom. The normalized spacial score (nSPS) is 17.9. The zero-order chi connectivity index (χ0) is 13.5. The fraction of sp³-hybridized carbons (Fsp3) is 0.438.